The SMILES string of the molecule is Cc1nn(C)c(C)c1NC(=O)c1cc2c(C)nn(Cc3ccc(Cl)cc3)c2s1. The van der Waals surface area contributed by atoms with E-state index in [0.717, 1.165) is 38.5 Å². The van der Waals surface area contributed by atoms with Crippen LogP contribution >= 0.6 is 22.9 Å². The first-order valence-corrected chi connectivity index (χ1v) is 10.1. The van der Waals surface area contributed by atoms with Crippen molar-refractivity contribution in [3.63, 3.8) is 0 Å². The largest absolute Gasteiger partial charge is 0.318 e. The van der Waals surface area contributed by atoms with Gasteiger partial charge in [0, 0.05) is 17.5 Å². The minimum atomic E-state index is -0.127. The number of nitrogens with one attached hydrogen (secondary N) is 1. The molecule has 1 aromatic carbocycles. The van der Waals surface area contributed by atoms with Crippen molar-refractivity contribution in [2.24, 2.45) is 7.05 Å². The Labute approximate surface area is 171 Å². The maximum absolute atomic E-state index is 12.8. The molecule has 0 saturated carbocycles. The molecule has 144 valence electrons. The summed E-state index contributed by atoms with van der Waals surface area (Å²) in [4.78, 5) is 14.5. The van der Waals surface area contributed by atoms with E-state index in [2.05, 4.69) is 15.5 Å². The van der Waals surface area contributed by atoms with Gasteiger partial charge in [-0.05, 0) is 44.5 Å². The van der Waals surface area contributed by atoms with Crippen LogP contribution in [0.15, 0.2) is 30.3 Å². The van der Waals surface area contributed by atoms with Gasteiger partial charge in [-0.15, -0.1) is 11.3 Å². The van der Waals surface area contributed by atoms with Crippen molar-refractivity contribution in [1.82, 2.24) is 19.6 Å². The first-order valence-electron chi connectivity index (χ1n) is 8.86. The third-order valence-electron chi connectivity index (χ3n) is 4.82. The van der Waals surface area contributed by atoms with Gasteiger partial charge in [-0.25, -0.2) is 0 Å². The van der Waals surface area contributed by atoms with Crippen molar-refractivity contribution < 1.29 is 4.79 Å². The van der Waals surface area contributed by atoms with Crippen LogP contribution in [0, 0.1) is 20.8 Å². The number of anilines is 1. The van der Waals surface area contributed by atoms with Gasteiger partial charge in [0.1, 0.15) is 4.83 Å². The third kappa shape index (κ3) is 3.31. The standard InChI is InChI=1S/C20H20ClN5OS/c1-11-16-9-17(19(27)22-18-12(2)23-25(4)13(18)3)28-20(16)26(24-11)10-14-5-7-15(21)8-6-14/h5-9H,10H2,1-4H3,(H,22,27). The molecule has 0 radical (unpaired) electrons. The number of nitrogens with zero attached hydrogens (tertiary/aromatic N) is 4. The molecule has 28 heavy (non-hydrogen) atoms. The number of thiophene rings is 1. The molecule has 1 N–H and O–H groups in total. The Morgan fingerprint density at radius 1 is 1.14 bits per heavy atom. The van der Waals surface area contributed by atoms with E-state index in [-0.39, 0.29) is 5.91 Å². The molecule has 8 heteroatoms. The summed E-state index contributed by atoms with van der Waals surface area (Å²) in [5.41, 5.74) is 4.52. The number of aromatic nitrogens is 4. The van der Waals surface area contributed by atoms with Gasteiger partial charge in [0.2, 0.25) is 0 Å². The van der Waals surface area contributed by atoms with Crippen LogP contribution in [-0.4, -0.2) is 25.5 Å². The van der Waals surface area contributed by atoms with Crippen molar-refractivity contribution in [1.29, 1.82) is 0 Å². The zero-order valence-electron chi connectivity index (χ0n) is 16.1. The lowest BCUT2D eigenvalue weighted by atomic mass is 10.2. The van der Waals surface area contributed by atoms with Gasteiger partial charge in [-0.2, -0.15) is 10.2 Å². The molecule has 3 aromatic heterocycles. The molecule has 0 spiro atoms. The lowest BCUT2D eigenvalue weighted by molar-refractivity contribution is 0.103. The van der Waals surface area contributed by atoms with Crippen LogP contribution < -0.4 is 5.32 Å². The fraction of sp³-hybridized carbons (Fsp3) is 0.250. The second kappa shape index (κ2) is 7.07. The molecule has 0 fully saturated rings. The molecule has 0 unspecified atom stereocenters. The minimum Gasteiger partial charge on any atom is -0.318 e. The average Bonchev–Trinajstić information content (AvgIpc) is 3.28. The molecule has 0 aliphatic heterocycles. The Hall–Kier alpha value is -2.64. The predicted octanol–water partition coefficient (Wildman–Crippen LogP) is 4.71. The Morgan fingerprint density at radius 3 is 2.50 bits per heavy atom. The van der Waals surface area contributed by atoms with Crippen LogP contribution in [0.25, 0.3) is 10.2 Å². The van der Waals surface area contributed by atoms with Crippen molar-refractivity contribution in [2.75, 3.05) is 5.32 Å². The lowest BCUT2D eigenvalue weighted by Gasteiger charge is -2.04. The second-order valence-electron chi connectivity index (χ2n) is 6.82. The van der Waals surface area contributed by atoms with Gasteiger partial charge in [0.25, 0.3) is 5.91 Å². The molecular formula is C20H20ClN5OS. The third-order valence-corrected chi connectivity index (χ3v) is 6.22. The smallest absolute Gasteiger partial charge is 0.265 e. The Kier molecular flexibility index (Phi) is 4.72. The van der Waals surface area contributed by atoms with Gasteiger partial charge in [0.05, 0.1) is 34.2 Å². The van der Waals surface area contributed by atoms with Crippen LogP contribution in [0.5, 0.6) is 0 Å². The summed E-state index contributed by atoms with van der Waals surface area (Å²) in [6.45, 7) is 6.42. The summed E-state index contributed by atoms with van der Waals surface area (Å²) in [6.07, 6.45) is 0. The van der Waals surface area contributed by atoms with E-state index in [0.29, 0.717) is 16.4 Å². The number of benzene rings is 1. The minimum absolute atomic E-state index is 0.127. The Bertz CT molecular complexity index is 1190. The summed E-state index contributed by atoms with van der Waals surface area (Å²) in [5, 5.41) is 13.7. The maximum atomic E-state index is 12.8. The van der Waals surface area contributed by atoms with E-state index in [1.807, 2.05) is 62.8 Å². The average molecular weight is 414 g/mol. The zero-order valence-corrected chi connectivity index (χ0v) is 17.6. The number of hydrogen-bond acceptors (Lipinski definition) is 4. The Balaban J connectivity index is 1.64. The molecular weight excluding hydrogens is 394 g/mol. The highest BCUT2D eigenvalue weighted by molar-refractivity contribution is 7.20. The first-order chi connectivity index (χ1) is 13.3. The summed E-state index contributed by atoms with van der Waals surface area (Å²) in [5.74, 6) is -0.127. The van der Waals surface area contributed by atoms with Crippen molar-refractivity contribution in [2.45, 2.75) is 27.3 Å². The summed E-state index contributed by atoms with van der Waals surface area (Å²) < 4.78 is 3.71. The predicted molar refractivity (Wildman–Crippen MR) is 114 cm³/mol. The van der Waals surface area contributed by atoms with Crippen LogP contribution in [0.4, 0.5) is 5.69 Å². The van der Waals surface area contributed by atoms with E-state index in [4.69, 9.17) is 11.6 Å². The molecule has 6 nitrogen and oxygen atoms in total. The first kappa shape index (κ1) is 18.7. The molecule has 0 saturated heterocycles. The number of carbonyl (C=O) groups excluding carboxylic acids is 1. The highest BCUT2D eigenvalue weighted by Gasteiger charge is 2.19. The maximum Gasteiger partial charge on any atom is 0.265 e. The Morgan fingerprint density at radius 2 is 1.86 bits per heavy atom. The van der Waals surface area contributed by atoms with Gasteiger partial charge in [0.15, 0.2) is 0 Å². The molecule has 0 bridgehead atoms. The second-order valence-corrected chi connectivity index (χ2v) is 8.29. The zero-order chi connectivity index (χ0) is 20.0. The number of aryl methyl sites for hydroxylation is 3. The molecule has 0 aliphatic rings. The quantitative estimate of drug-likeness (QED) is 0.526. The molecule has 1 amide bonds. The van der Waals surface area contributed by atoms with E-state index in [1.54, 1.807) is 4.68 Å². The fourth-order valence-electron chi connectivity index (χ4n) is 3.22. The molecule has 3 heterocycles. The van der Waals surface area contributed by atoms with E-state index in [9.17, 15) is 4.79 Å². The number of halogens is 1. The van der Waals surface area contributed by atoms with Crippen LogP contribution in [0.1, 0.15) is 32.3 Å². The van der Waals surface area contributed by atoms with Crippen molar-refractivity contribution in [3.8, 4) is 0 Å². The van der Waals surface area contributed by atoms with E-state index in [1.165, 1.54) is 11.3 Å². The molecule has 0 aliphatic carbocycles. The van der Waals surface area contributed by atoms with Crippen LogP contribution in [-0.2, 0) is 13.6 Å². The summed E-state index contributed by atoms with van der Waals surface area (Å²) in [7, 11) is 1.87. The lowest BCUT2D eigenvalue weighted by Crippen LogP contribution is -2.11. The van der Waals surface area contributed by atoms with E-state index >= 15 is 0 Å². The number of fused-ring (bicyclic) bond motifs is 1. The normalized spacial score (nSPS) is 11.3. The fourth-order valence-corrected chi connectivity index (χ4v) is 4.41. The molecule has 4 aromatic rings. The van der Waals surface area contributed by atoms with E-state index < -0.39 is 0 Å². The number of rotatable bonds is 4. The van der Waals surface area contributed by atoms with Crippen molar-refractivity contribution >= 4 is 44.7 Å². The molecule has 4 rings (SSSR count). The monoisotopic (exact) mass is 413 g/mol. The van der Waals surface area contributed by atoms with Gasteiger partial charge in [-0.1, -0.05) is 23.7 Å². The van der Waals surface area contributed by atoms with Crippen LogP contribution in [0.3, 0.4) is 0 Å². The number of amides is 1. The van der Waals surface area contributed by atoms with Crippen LogP contribution in [0.2, 0.25) is 5.02 Å². The highest BCUT2D eigenvalue weighted by atomic mass is 35.5. The van der Waals surface area contributed by atoms with Gasteiger partial charge in [-0.3, -0.25) is 14.2 Å². The number of carbonyl (C=O) groups is 1. The molecule has 0 atom stereocenters. The summed E-state index contributed by atoms with van der Waals surface area (Å²) in [6, 6.07) is 9.63. The summed E-state index contributed by atoms with van der Waals surface area (Å²) >= 11 is 7.42. The van der Waals surface area contributed by atoms with Crippen molar-refractivity contribution in [3.05, 3.63) is 62.9 Å². The van der Waals surface area contributed by atoms with Gasteiger partial charge < -0.3 is 5.32 Å². The van der Waals surface area contributed by atoms with Gasteiger partial charge >= 0.3 is 0 Å². The number of hydrogen-bond donors (Lipinski definition) is 1. The highest BCUT2D eigenvalue weighted by Crippen LogP contribution is 2.30. The topological polar surface area (TPSA) is 64.7 Å².